The number of carbonyl (C=O) groups is 2. The van der Waals surface area contributed by atoms with Gasteiger partial charge in [0, 0.05) is 18.5 Å². The number of benzene rings is 1. The van der Waals surface area contributed by atoms with E-state index in [9.17, 15) is 9.59 Å². The number of nitrogens with zero attached hydrogens (tertiary/aromatic N) is 1. The van der Waals surface area contributed by atoms with E-state index < -0.39 is 17.5 Å². The van der Waals surface area contributed by atoms with Crippen molar-refractivity contribution in [2.75, 3.05) is 13.1 Å². The van der Waals surface area contributed by atoms with Crippen LogP contribution in [0.2, 0.25) is 0 Å². The highest BCUT2D eigenvalue weighted by atomic mass is 16.4. The van der Waals surface area contributed by atoms with Gasteiger partial charge in [0.1, 0.15) is 0 Å². The number of hydrogen-bond acceptors (Lipinski definition) is 2. The van der Waals surface area contributed by atoms with Crippen LogP contribution in [0.25, 0.3) is 0 Å². The van der Waals surface area contributed by atoms with E-state index >= 15 is 0 Å². The Morgan fingerprint density at radius 3 is 2.16 bits per heavy atom. The minimum Gasteiger partial charge on any atom is -0.481 e. The van der Waals surface area contributed by atoms with Gasteiger partial charge in [0.05, 0.1) is 6.42 Å². The summed E-state index contributed by atoms with van der Waals surface area (Å²) < 4.78 is 0. The SMILES string of the molecule is O=C(O)CC1(c2ccccc2)CCN(C(=O)O)CC1. The van der Waals surface area contributed by atoms with Crippen molar-refractivity contribution in [2.24, 2.45) is 0 Å². The highest BCUT2D eigenvalue weighted by Crippen LogP contribution is 2.38. The van der Waals surface area contributed by atoms with Crippen LogP contribution in [0.1, 0.15) is 24.8 Å². The second kappa shape index (κ2) is 5.30. The number of carboxylic acid groups (broad SMARTS) is 2. The molecule has 1 fully saturated rings. The van der Waals surface area contributed by atoms with Gasteiger partial charge in [0.2, 0.25) is 0 Å². The second-order valence-corrected chi connectivity index (χ2v) is 4.99. The molecule has 1 amide bonds. The lowest BCUT2D eigenvalue weighted by Crippen LogP contribution is -2.45. The Labute approximate surface area is 111 Å². The Morgan fingerprint density at radius 2 is 1.68 bits per heavy atom. The zero-order chi connectivity index (χ0) is 13.9. The third-order valence-electron chi connectivity index (χ3n) is 3.87. The van der Waals surface area contributed by atoms with Crippen molar-refractivity contribution < 1.29 is 19.8 Å². The van der Waals surface area contributed by atoms with Gasteiger partial charge in [-0.3, -0.25) is 4.79 Å². The molecule has 0 spiro atoms. The first-order chi connectivity index (χ1) is 9.03. The smallest absolute Gasteiger partial charge is 0.407 e. The van der Waals surface area contributed by atoms with Gasteiger partial charge in [-0.05, 0) is 18.4 Å². The van der Waals surface area contributed by atoms with E-state index in [1.165, 1.54) is 4.90 Å². The molecule has 2 rings (SSSR count). The normalized spacial score (nSPS) is 18.0. The number of hydrogen-bond donors (Lipinski definition) is 2. The molecule has 1 aliphatic heterocycles. The fourth-order valence-corrected chi connectivity index (χ4v) is 2.77. The molecule has 5 nitrogen and oxygen atoms in total. The molecule has 5 heteroatoms. The Morgan fingerprint density at radius 1 is 1.11 bits per heavy atom. The molecule has 1 heterocycles. The average molecular weight is 263 g/mol. The molecule has 1 saturated heterocycles. The summed E-state index contributed by atoms with van der Waals surface area (Å²) in [7, 11) is 0. The summed E-state index contributed by atoms with van der Waals surface area (Å²) in [6.07, 6.45) is 0.215. The second-order valence-electron chi connectivity index (χ2n) is 4.99. The molecule has 1 aromatic rings. The largest absolute Gasteiger partial charge is 0.481 e. The first-order valence-electron chi connectivity index (χ1n) is 6.29. The molecule has 102 valence electrons. The number of carboxylic acids is 1. The zero-order valence-electron chi connectivity index (χ0n) is 10.6. The van der Waals surface area contributed by atoms with Crippen molar-refractivity contribution in [3.8, 4) is 0 Å². The van der Waals surface area contributed by atoms with Gasteiger partial charge < -0.3 is 15.1 Å². The molecule has 0 aliphatic carbocycles. The Bertz CT molecular complexity index is 464. The number of rotatable bonds is 3. The Hall–Kier alpha value is -2.04. The van der Waals surface area contributed by atoms with Gasteiger partial charge in [-0.2, -0.15) is 0 Å². The summed E-state index contributed by atoms with van der Waals surface area (Å²) in [5, 5.41) is 18.1. The van der Waals surface area contributed by atoms with Crippen molar-refractivity contribution >= 4 is 12.1 Å². The molecular formula is C14H17NO4. The Kier molecular flexibility index (Phi) is 3.74. The van der Waals surface area contributed by atoms with Crippen molar-refractivity contribution in [1.82, 2.24) is 4.90 Å². The molecule has 0 atom stereocenters. The minimum atomic E-state index is -0.933. The van der Waals surface area contributed by atoms with E-state index in [2.05, 4.69) is 0 Å². The molecule has 0 aromatic heterocycles. The molecule has 0 bridgehead atoms. The number of amides is 1. The quantitative estimate of drug-likeness (QED) is 0.876. The lowest BCUT2D eigenvalue weighted by Gasteiger charge is -2.40. The van der Waals surface area contributed by atoms with Gasteiger partial charge >= 0.3 is 12.1 Å². The van der Waals surface area contributed by atoms with Crippen LogP contribution in [-0.4, -0.2) is 40.3 Å². The van der Waals surface area contributed by atoms with E-state index in [4.69, 9.17) is 10.2 Å². The van der Waals surface area contributed by atoms with Gasteiger partial charge in [0.15, 0.2) is 0 Å². The van der Waals surface area contributed by atoms with E-state index in [-0.39, 0.29) is 6.42 Å². The van der Waals surface area contributed by atoms with Crippen LogP contribution in [0.15, 0.2) is 30.3 Å². The van der Waals surface area contributed by atoms with Crippen molar-refractivity contribution in [2.45, 2.75) is 24.7 Å². The molecule has 0 unspecified atom stereocenters. The monoisotopic (exact) mass is 263 g/mol. The zero-order valence-corrected chi connectivity index (χ0v) is 10.6. The van der Waals surface area contributed by atoms with Crippen LogP contribution in [0, 0.1) is 0 Å². The number of likely N-dealkylation sites (tertiary alicyclic amines) is 1. The van der Waals surface area contributed by atoms with Crippen molar-refractivity contribution in [3.63, 3.8) is 0 Å². The first-order valence-corrected chi connectivity index (χ1v) is 6.29. The number of piperidine rings is 1. The fourth-order valence-electron chi connectivity index (χ4n) is 2.77. The lowest BCUT2D eigenvalue weighted by atomic mass is 9.70. The van der Waals surface area contributed by atoms with Crippen LogP contribution in [0.5, 0.6) is 0 Å². The summed E-state index contributed by atoms with van der Waals surface area (Å²) in [6.45, 7) is 0.773. The standard InChI is InChI=1S/C14H17NO4/c16-12(17)10-14(11-4-2-1-3-5-11)6-8-15(9-7-14)13(18)19/h1-5H,6-10H2,(H,16,17)(H,18,19). The summed E-state index contributed by atoms with van der Waals surface area (Å²) in [6, 6.07) is 9.54. The van der Waals surface area contributed by atoms with E-state index in [1.807, 2.05) is 30.3 Å². The topological polar surface area (TPSA) is 77.8 Å². The number of aliphatic carboxylic acids is 1. The first kappa shape index (κ1) is 13.4. The highest BCUT2D eigenvalue weighted by Gasteiger charge is 2.39. The van der Waals surface area contributed by atoms with Crippen LogP contribution in [0.3, 0.4) is 0 Å². The van der Waals surface area contributed by atoms with Crippen LogP contribution < -0.4 is 0 Å². The summed E-state index contributed by atoms with van der Waals surface area (Å²) >= 11 is 0. The summed E-state index contributed by atoms with van der Waals surface area (Å²) in [5.41, 5.74) is 0.543. The minimum absolute atomic E-state index is 0.0461. The molecule has 2 N–H and O–H groups in total. The van der Waals surface area contributed by atoms with Gasteiger partial charge in [-0.15, -0.1) is 0 Å². The maximum absolute atomic E-state index is 11.1. The van der Waals surface area contributed by atoms with Crippen molar-refractivity contribution in [1.29, 1.82) is 0 Å². The lowest BCUT2D eigenvalue weighted by molar-refractivity contribution is -0.139. The highest BCUT2D eigenvalue weighted by molar-refractivity contribution is 5.69. The molecule has 1 aliphatic rings. The molecule has 0 saturated carbocycles. The van der Waals surface area contributed by atoms with E-state index in [0.29, 0.717) is 25.9 Å². The summed E-state index contributed by atoms with van der Waals surface area (Å²) in [4.78, 5) is 23.4. The third-order valence-corrected chi connectivity index (χ3v) is 3.87. The molecular weight excluding hydrogens is 246 g/mol. The van der Waals surface area contributed by atoms with Gasteiger partial charge in [0.25, 0.3) is 0 Å². The van der Waals surface area contributed by atoms with E-state index in [0.717, 1.165) is 5.56 Å². The fraction of sp³-hybridized carbons (Fsp3) is 0.429. The Balaban J connectivity index is 2.23. The van der Waals surface area contributed by atoms with Crippen LogP contribution in [0.4, 0.5) is 4.79 Å². The maximum Gasteiger partial charge on any atom is 0.407 e. The van der Waals surface area contributed by atoms with Gasteiger partial charge in [-0.1, -0.05) is 30.3 Å². The average Bonchev–Trinajstić information content (AvgIpc) is 2.39. The van der Waals surface area contributed by atoms with Crippen LogP contribution >= 0.6 is 0 Å². The maximum atomic E-state index is 11.1. The van der Waals surface area contributed by atoms with Gasteiger partial charge in [-0.25, -0.2) is 4.79 Å². The predicted octanol–water partition coefficient (Wildman–Crippen LogP) is 2.17. The summed E-state index contributed by atoms with van der Waals surface area (Å²) in [5.74, 6) is -0.840. The van der Waals surface area contributed by atoms with E-state index in [1.54, 1.807) is 0 Å². The predicted molar refractivity (Wildman–Crippen MR) is 69.2 cm³/mol. The molecule has 19 heavy (non-hydrogen) atoms. The third kappa shape index (κ3) is 2.86. The van der Waals surface area contributed by atoms with Crippen LogP contribution in [-0.2, 0) is 10.2 Å². The van der Waals surface area contributed by atoms with Crippen molar-refractivity contribution in [3.05, 3.63) is 35.9 Å². The molecule has 1 aromatic carbocycles. The molecule has 0 radical (unpaired) electrons.